The number of benzene rings is 1. The third kappa shape index (κ3) is 3.26. The fourth-order valence-electron chi connectivity index (χ4n) is 2.87. The maximum absolute atomic E-state index is 11.5. The number of aryl methyl sites for hydroxylation is 1. The van der Waals surface area contributed by atoms with Crippen LogP contribution in [0.3, 0.4) is 0 Å². The van der Waals surface area contributed by atoms with Gasteiger partial charge in [-0.25, -0.2) is 0 Å². The third-order valence-corrected chi connectivity index (χ3v) is 3.99. The largest absolute Gasteiger partial charge is 0.381 e. The van der Waals surface area contributed by atoms with Crippen molar-refractivity contribution in [2.75, 3.05) is 11.9 Å². The lowest BCUT2D eigenvalue weighted by Gasteiger charge is -2.32. The second-order valence-electron chi connectivity index (χ2n) is 5.44. The van der Waals surface area contributed by atoms with Crippen LogP contribution in [0.15, 0.2) is 18.2 Å². The van der Waals surface area contributed by atoms with Crippen molar-refractivity contribution in [1.82, 2.24) is 0 Å². The molecule has 1 amide bonds. The summed E-state index contributed by atoms with van der Waals surface area (Å²) in [6.45, 7) is 2.70. The summed E-state index contributed by atoms with van der Waals surface area (Å²) in [5.41, 5.74) is 13.8. The number of nitrogens with two attached hydrogens (primary N) is 2. The lowest BCUT2D eigenvalue weighted by molar-refractivity contribution is 0.100. The first-order valence-corrected chi connectivity index (χ1v) is 6.99. The average molecular weight is 261 g/mol. The summed E-state index contributed by atoms with van der Waals surface area (Å²) in [4.78, 5) is 11.5. The van der Waals surface area contributed by atoms with E-state index in [1.54, 1.807) is 6.07 Å². The molecule has 0 spiro atoms. The first-order valence-electron chi connectivity index (χ1n) is 6.99. The molecule has 0 saturated heterocycles. The number of carbonyl (C=O) groups is 1. The first kappa shape index (κ1) is 13.9. The molecule has 0 heterocycles. The Morgan fingerprint density at radius 2 is 2.11 bits per heavy atom. The molecule has 1 aliphatic carbocycles. The zero-order valence-electron chi connectivity index (χ0n) is 11.5. The highest BCUT2D eigenvalue weighted by molar-refractivity contribution is 5.98. The van der Waals surface area contributed by atoms with E-state index >= 15 is 0 Å². The van der Waals surface area contributed by atoms with Gasteiger partial charge >= 0.3 is 0 Å². The van der Waals surface area contributed by atoms with Gasteiger partial charge < -0.3 is 16.8 Å². The molecule has 4 nitrogen and oxygen atoms in total. The second-order valence-corrected chi connectivity index (χ2v) is 5.44. The molecule has 0 aliphatic heterocycles. The summed E-state index contributed by atoms with van der Waals surface area (Å²) in [6.07, 6.45) is 4.72. The molecular formula is C15H23N3O. The Bertz CT molecular complexity index is 459. The molecule has 1 aromatic rings. The molecule has 4 heteroatoms. The van der Waals surface area contributed by atoms with E-state index in [4.69, 9.17) is 11.5 Å². The van der Waals surface area contributed by atoms with Crippen LogP contribution in [0.5, 0.6) is 0 Å². The van der Waals surface area contributed by atoms with Gasteiger partial charge in [-0.05, 0) is 49.9 Å². The summed E-state index contributed by atoms with van der Waals surface area (Å²) < 4.78 is 0. The van der Waals surface area contributed by atoms with Crippen molar-refractivity contribution in [2.45, 2.75) is 38.6 Å². The van der Waals surface area contributed by atoms with Crippen molar-refractivity contribution in [3.63, 3.8) is 0 Å². The molecule has 1 saturated carbocycles. The number of rotatable bonds is 4. The number of anilines is 1. The van der Waals surface area contributed by atoms with Gasteiger partial charge in [0.2, 0.25) is 0 Å². The Labute approximate surface area is 114 Å². The van der Waals surface area contributed by atoms with Gasteiger partial charge in [0.25, 0.3) is 5.91 Å². The summed E-state index contributed by atoms with van der Waals surface area (Å²) >= 11 is 0. The zero-order chi connectivity index (χ0) is 13.8. The standard InChI is InChI=1S/C15H23N3O/c1-10-6-7-12(15(17)19)14(8-10)18-13-5-3-2-4-11(13)9-16/h6-8,11,13,18H,2-5,9,16H2,1H3,(H2,17,19). The lowest BCUT2D eigenvalue weighted by Crippen LogP contribution is -2.37. The van der Waals surface area contributed by atoms with E-state index in [2.05, 4.69) is 5.32 Å². The molecule has 1 aliphatic rings. The maximum Gasteiger partial charge on any atom is 0.250 e. The zero-order valence-corrected chi connectivity index (χ0v) is 11.5. The lowest BCUT2D eigenvalue weighted by atomic mass is 9.84. The molecule has 2 unspecified atom stereocenters. The van der Waals surface area contributed by atoms with Gasteiger partial charge in [-0.3, -0.25) is 4.79 Å². The molecule has 0 radical (unpaired) electrons. The molecule has 2 rings (SSSR count). The topological polar surface area (TPSA) is 81.1 Å². The number of nitrogens with one attached hydrogen (secondary N) is 1. The Morgan fingerprint density at radius 1 is 1.37 bits per heavy atom. The monoisotopic (exact) mass is 261 g/mol. The molecular weight excluding hydrogens is 238 g/mol. The summed E-state index contributed by atoms with van der Waals surface area (Å²) in [6, 6.07) is 6.04. The SMILES string of the molecule is Cc1ccc(C(N)=O)c(NC2CCCCC2CN)c1. The van der Waals surface area contributed by atoms with Crippen LogP contribution in [-0.2, 0) is 0 Å². The van der Waals surface area contributed by atoms with Crippen molar-refractivity contribution >= 4 is 11.6 Å². The molecule has 1 aromatic carbocycles. The fraction of sp³-hybridized carbons (Fsp3) is 0.533. The van der Waals surface area contributed by atoms with E-state index in [1.807, 2.05) is 19.1 Å². The van der Waals surface area contributed by atoms with Crippen LogP contribution in [0.1, 0.15) is 41.6 Å². The molecule has 0 aromatic heterocycles. The highest BCUT2D eigenvalue weighted by Crippen LogP contribution is 2.28. The minimum Gasteiger partial charge on any atom is -0.381 e. The molecule has 0 bridgehead atoms. The Kier molecular flexibility index (Phi) is 4.43. The third-order valence-electron chi connectivity index (χ3n) is 3.99. The van der Waals surface area contributed by atoms with E-state index in [-0.39, 0.29) is 5.91 Å². The van der Waals surface area contributed by atoms with Gasteiger partial charge in [-0.1, -0.05) is 18.9 Å². The van der Waals surface area contributed by atoms with Crippen LogP contribution in [0, 0.1) is 12.8 Å². The van der Waals surface area contributed by atoms with Crippen LogP contribution >= 0.6 is 0 Å². The summed E-state index contributed by atoms with van der Waals surface area (Å²) in [5.74, 6) is 0.0950. The van der Waals surface area contributed by atoms with Gasteiger partial charge in [0.1, 0.15) is 0 Å². The Balaban J connectivity index is 2.21. The first-order chi connectivity index (χ1) is 9.11. The highest BCUT2D eigenvalue weighted by atomic mass is 16.1. The molecule has 2 atom stereocenters. The van der Waals surface area contributed by atoms with Gasteiger partial charge in [-0.15, -0.1) is 0 Å². The predicted molar refractivity (Wildman–Crippen MR) is 78.1 cm³/mol. The van der Waals surface area contributed by atoms with Crippen LogP contribution in [0.25, 0.3) is 0 Å². The number of primary amides is 1. The second kappa shape index (κ2) is 6.06. The number of hydrogen-bond donors (Lipinski definition) is 3. The quantitative estimate of drug-likeness (QED) is 0.775. The van der Waals surface area contributed by atoms with Crippen LogP contribution in [-0.4, -0.2) is 18.5 Å². The maximum atomic E-state index is 11.5. The summed E-state index contributed by atoms with van der Waals surface area (Å²) in [7, 11) is 0. The number of carbonyl (C=O) groups excluding carboxylic acids is 1. The van der Waals surface area contributed by atoms with Crippen molar-refractivity contribution in [1.29, 1.82) is 0 Å². The smallest absolute Gasteiger partial charge is 0.250 e. The predicted octanol–water partition coefficient (Wildman–Crippen LogP) is 2.02. The van der Waals surface area contributed by atoms with Gasteiger partial charge in [0, 0.05) is 11.7 Å². The van der Waals surface area contributed by atoms with Crippen LogP contribution in [0.2, 0.25) is 0 Å². The Morgan fingerprint density at radius 3 is 2.79 bits per heavy atom. The minimum atomic E-state index is -0.386. The highest BCUT2D eigenvalue weighted by Gasteiger charge is 2.24. The Hall–Kier alpha value is -1.55. The van der Waals surface area contributed by atoms with Crippen LogP contribution < -0.4 is 16.8 Å². The van der Waals surface area contributed by atoms with E-state index in [0.717, 1.165) is 24.1 Å². The van der Waals surface area contributed by atoms with Crippen molar-refractivity contribution in [2.24, 2.45) is 17.4 Å². The van der Waals surface area contributed by atoms with E-state index in [1.165, 1.54) is 12.8 Å². The molecule has 1 fully saturated rings. The molecule has 104 valence electrons. The van der Waals surface area contributed by atoms with E-state index in [9.17, 15) is 4.79 Å². The normalized spacial score (nSPS) is 23.1. The minimum absolute atomic E-state index is 0.346. The number of amides is 1. The van der Waals surface area contributed by atoms with E-state index < -0.39 is 0 Å². The van der Waals surface area contributed by atoms with Crippen molar-refractivity contribution < 1.29 is 4.79 Å². The van der Waals surface area contributed by atoms with Crippen molar-refractivity contribution in [3.05, 3.63) is 29.3 Å². The van der Waals surface area contributed by atoms with Crippen molar-refractivity contribution in [3.8, 4) is 0 Å². The van der Waals surface area contributed by atoms with Gasteiger partial charge in [0.05, 0.1) is 5.56 Å². The average Bonchev–Trinajstić information content (AvgIpc) is 2.39. The summed E-state index contributed by atoms with van der Waals surface area (Å²) in [5, 5.41) is 3.49. The fourth-order valence-corrected chi connectivity index (χ4v) is 2.87. The molecule has 5 N–H and O–H groups in total. The molecule has 19 heavy (non-hydrogen) atoms. The van der Waals surface area contributed by atoms with Gasteiger partial charge in [-0.2, -0.15) is 0 Å². The van der Waals surface area contributed by atoms with Crippen LogP contribution in [0.4, 0.5) is 5.69 Å². The number of hydrogen-bond acceptors (Lipinski definition) is 3. The van der Waals surface area contributed by atoms with Gasteiger partial charge in [0.15, 0.2) is 0 Å². The van der Waals surface area contributed by atoms with E-state index in [0.29, 0.717) is 24.1 Å².